The monoisotopic (exact) mass is 627 g/mol. The maximum absolute atomic E-state index is 6.90. The summed E-state index contributed by atoms with van der Waals surface area (Å²) in [7, 11) is 0. The number of furan rings is 1. The van der Waals surface area contributed by atoms with E-state index in [0.29, 0.717) is 0 Å². The summed E-state index contributed by atoms with van der Waals surface area (Å²) in [5.41, 5.74) is 11.5. The molecule has 9 aromatic rings. The topological polar surface area (TPSA) is 25.6 Å². The van der Waals surface area contributed by atoms with E-state index >= 15 is 0 Å². The Morgan fingerprint density at radius 2 is 1.10 bits per heavy atom. The Labute approximate surface area is 283 Å². The van der Waals surface area contributed by atoms with Crippen molar-refractivity contribution in [1.82, 2.24) is 0 Å². The van der Waals surface area contributed by atoms with Crippen molar-refractivity contribution < 1.29 is 9.15 Å². The molecular weight excluding hydrogens is 599 g/mol. The van der Waals surface area contributed by atoms with Gasteiger partial charge in [-0.15, -0.1) is 0 Å². The molecule has 0 aliphatic carbocycles. The highest BCUT2D eigenvalue weighted by Gasteiger charge is 2.28. The van der Waals surface area contributed by atoms with Gasteiger partial charge in [0.2, 0.25) is 0 Å². The molecule has 0 unspecified atom stereocenters. The molecule has 0 radical (unpaired) electrons. The van der Waals surface area contributed by atoms with E-state index in [0.717, 1.165) is 94.7 Å². The molecule has 10 rings (SSSR count). The van der Waals surface area contributed by atoms with Crippen LogP contribution in [0.3, 0.4) is 0 Å². The number of anilines is 3. The van der Waals surface area contributed by atoms with E-state index < -0.39 is 0 Å². The van der Waals surface area contributed by atoms with Crippen molar-refractivity contribution in [3.63, 3.8) is 0 Å². The predicted octanol–water partition coefficient (Wildman–Crippen LogP) is 13.3. The number of ether oxygens (including phenoxy) is 1. The molecule has 0 bridgehead atoms. The normalized spacial score (nSPS) is 11.8. The summed E-state index contributed by atoms with van der Waals surface area (Å²) in [6.45, 7) is 0. The Kier molecular flexibility index (Phi) is 6.18. The number of fused-ring (bicyclic) bond motifs is 10. The summed E-state index contributed by atoms with van der Waals surface area (Å²) in [5, 5.41) is 4.43. The van der Waals surface area contributed by atoms with E-state index in [1.807, 2.05) is 18.2 Å². The van der Waals surface area contributed by atoms with Crippen LogP contribution >= 0.6 is 0 Å². The number of nitrogens with zero attached hydrogens (tertiary/aromatic N) is 1. The molecule has 0 atom stereocenters. The fourth-order valence-corrected chi connectivity index (χ4v) is 7.46. The summed E-state index contributed by atoms with van der Waals surface area (Å²) in [6.07, 6.45) is 0. The average Bonchev–Trinajstić information content (AvgIpc) is 3.46. The van der Waals surface area contributed by atoms with E-state index in [1.54, 1.807) is 0 Å². The number of hydrogen-bond acceptors (Lipinski definition) is 3. The quantitative estimate of drug-likeness (QED) is 0.194. The molecule has 0 saturated heterocycles. The zero-order valence-corrected chi connectivity index (χ0v) is 26.5. The third kappa shape index (κ3) is 4.37. The second-order valence-corrected chi connectivity index (χ2v) is 12.5. The average molecular weight is 628 g/mol. The van der Waals surface area contributed by atoms with Crippen LogP contribution in [0.25, 0.3) is 66.1 Å². The zero-order valence-electron chi connectivity index (χ0n) is 26.5. The summed E-state index contributed by atoms with van der Waals surface area (Å²) < 4.78 is 13.4. The van der Waals surface area contributed by atoms with Gasteiger partial charge in [-0.1, -0.05) is 127 Å². The second-order valence-electron chi connectivity index (χ2n) is 12.5. The van der Waals surface area contributed by atoms with Crippen molar-refractivity contribution in [2.24, 2.45) is 0 Å². The standard InChI is InChI=1S/C46H29NO2/c1-2-13-30(14-3-1)33-16-6-9-21-40(33)47(32-26-28-37-35-18-7-10-23-42(35)48-44(37)29-32)41-22-12-20-38-36-19-8-11-24-43(36)49-46-34-17-5-4-15-31(34)25-27-39(46)45(38)41/h1-29H. The highest BCUT2D eigenvalue weighted by molar-refractivity contribution is 6.09. The number of para-hydroxylation sites is 3. The van der Waals surface area contributed by atoms with E-state index in [4.69, 9.17) is 9.15 Å². The summed E-state index contributed by atoms with van der Waals surface area (Å²) in [6, 6.07) is 62.0. The number of rotatable bonds is 4. The first-order valence-electron chi connectivity index (χ1n) is 16.6. The molecule has 0 saturated carbocycles. The van der Waals surface area contributed by atoms with Crippen LogP contribution in [-0.2, 0) is 0 Å². The minimum Gasteiger partial charge on any atom is -0.456 e. The van der Waals surface area contributed by atoms with Gasteiger partial charge in [0.15, 0.2) is 0 Å². The van der Waals surface area contributed by atoms with Gasteiger partial charge in [-0.2, -0.15) is 0 Å². The molecule has 1 aromatic heterocycles. The summed E-state index contributed by atoms with van der Waals surface area (Å²) in [4.78, 5) is 2.39. The lowest BCUT2D eigenvalue weighted by Crippen LogP contribution is -2.13. The van der Waals surface area contributed by atoms with E-state index in [9.17, 15) is 0 Å². The van der Waals surface area contributed by atoms with E-state index in [1.165, 1.54) is 0 Å². The summed E-state index contributed by atoms with van der Waals surface area (Å²) >= 11 is 0. The zero-order chi connectivity index (χ0) is 32.3. The van der Waals surface area contributed by atoms with Crippen molar-refractivity contribution in [3.05, 3.63) is 176 Å². The highest BCUT2D eigenvalue weighted by atomic mass is 16.5. The van der Waals surface area contributed by atoms with Gasteiger partial charge in [0.1, 0.15) is 22.7 Å². The van der Waals surface area contributed by atoms with Crippen LogP contribution in [0.15, 0.2) is 180 Å². The Hall–Kier alpha value is -6.58. The fourth-order valence-electron chi connectivity index (χ4n) is 7.46. The van der Waals surface area contributed by atoms with Crippen LogP contribution < -0.4 is 9.64 Å². The molecule has 3 nitrogen and oxygen atoms in total. The minimum absolute atomic E-state index is 0.843. The molecule has 0 fully saturated rings. The van der Waals surface area contributed by atoms with Gasteiger partial charge in [-0.05, 0) is 59.0 Å². The SMILES string of the molecule is c1ccc(-c2ccccc2N(c2ccc3c(c2)oc2ccccc23)c2cccc3c2-c2ccc4ccccc4c2Oc2ccccc2-3)cc1. The Morgan fingerprint density at radius 1 is 0.408 bits per heavy atom. The second kappa shape index (κ2) is 11.0. The highest BCUT2D eigenvalue weighted by Crippen LogP contribution is 2.55. The molecule has 3 heteroatoms. The van der Waals surface area contributed by atoms with Crippen LogP contribution in [0.5, 0.6) is 11.5 Å². The lowest BCUT2D eigenvalue weighted by molar-refractivity contribution is 0.493. The van der Waals surface area contributed by atoms with Gasteiger partial charge in [0.25, 0.3) is 0 Å². The first-order valence-corrected chi connectivity index (χ1v) is 16.6. The molecule has 0 N–H and O–H groups in total. The molecular formula is C46H29NO2. The van der Waals surface area contributed by atoms with Crippen molar-refractivity contribution in [3.8, 4) is 44.9 Å². The van der Waals surface area contributed by atoms with Gasteiger partial charge in [-0.3, -0.25) is 0 Å². The largest absolute Gasteiger partial charge is 0.456 e. The van der Waals surface area contributed by atoms with Crippen molar-refractivity contribution >= 4 is 49.8 Å². The van der Waals surface area contributed by atoms with Crippen LogP contribution in [0, 0.1) is 0 Å². The Morgan fingerprint density at radius 3 is 2.02 bits per heavy atom. The number of benzene rings is 8. The smallest absolute Gasteiger partial charge is 0.143 e. The number of hydrogen-bond donors (Lipinski definition) is 0. The maximum atomic E-state index is 6.90. The van der Waals surface area contributed by atoms with Crippen molar-refractivity contribution in [2.75, 3.05) is 4.90 Å². The molecule has 49 heavy (non-hydrogen) atoms. The van der Waals surface area contributed by atoms with E-state index in [2.05, 4.69) is 163 Å². The molecule has 8 aromatic carbocycles. The Balaban J connectivity index is 1.32. The van der Waals surface area contributed by atoms with Crippen LogP contribution in [0.4, 0.5) is 17.1 Å². The lowest BCUT2D eigenvalue weighted by atomic mass is 9.90. The fraction of sp³-hybridized carbons (Fsp3) is 0. The molecule has 2 heterocycles. The van der Waals surface area contributed by atoms with Crippen LogP contribution in [-0.4, -0.2) is 0 Å². The third-order valence-corrected chi connectivity index (χ3v) is 9.67. The van der Waals surface area contributed by atoms with Crippen LogP contribution in [0.1, 0.15) is 0 Å². The van der Waals surface area contributed by atoms with Crippen LogP contribution in [0.2, 0.25) is 0 Å². The molecule has 1 aliphatic rings. The van der Waals surface area contributed by atoms with Gasteiger partial charge >= 0.3 is 0 Å². The first-order chi connectivity index (χ1) is 24.3. The first kappa shape index (κ1) is 27.5. The minimum atomic E-state index is 0.843. The molecule has 0 spiro atoms. The van der Waals surface area contributed by atoms with Gasteiger partial charge in [0.05, 0.1) is 11.4 Å². The van der Waals surface area contributed by atoms with E-state index in [-0.39, 0.29) is 0 Å². The molecule has 1 aliphatic heterocycles. The van der Waals surface area contributed by atoms with Gasteiger partial charge in [-0.25, -0.2) is 0 Å². The lowest BCUT2D eigenvalue weighted by Gasteiger charge is -2.30. The Bertz CT molecular complexity index is 2710. The predicted molar refractivity (Wildman–Crippen MR) is 202 cm³/mol. The van der Waals surface area contributed by atoms with Gasteiger partial charge in [0, 0.05) is 50.2 Å². The third-order valence-electron chi connectivity index (χ3n) is 9.67. The van der Waals surface area contributed by atoms with Crippen molar-refractivity contribution in [1.29, 1.82) is 0 Å². The molecule has 0 amide bonds. The van der Waals surface area contributed by atoms with Crippen molar-refractivity contribution in [2.45, 2.75) is 0 Å². The summed E-state index contributed by atoms with van der Waals surface area (Å²) in [5.74, 6) is 1.71. The van der Waals surface area contributed by atoms with Gasteiger partial charge < -0.3 is 14.1 Å². The maximum Gasteiger partial charge on any atom is 0.143 e. The molecule has 230 valence electrons.